The third kappa shape index (κ3) is 4.09. The van der Waals surface area contributed by atoms with Crippen molar-refractivity contribution in [3.8, 4) is 0 Å². The number of pyridine rings is 1. The van der Waals surface area contributed by atoms with E-state index in [4.69, 9.17) is 16.0 Å². The van der Waals surface area contributed by atoms with Gasteiger partial charge in [-0.1, -0.05) is 29.8 Å². The topological polar surface area (TPSA) is 59.2 Å². The Morgan fingerprint density at radius 1 is 1.25 bits per heavy atom. The number of hydrogen-bond acceptors (Lipinski definition) is 4. The minimum atomic E-state index is -0.0178. The molecule has 1 aliphatic heterocycles. The molecule has 3 heterocycles. The Labute approximate surface area is 169 Å². The van der Waals surface area contributed by atoms with Crippen LogP contribution in [0.3, 0.4) is 0 Å². The van der Waals surface area contributed by atoms with Crippen LogP contribution in [0.5, 0.6) is 0 Å². The second kappa shape index (κ2) is 8.15. The quantitative estimate of drug-likeness (QED) is 0.645. The number of benzene rings is 1. The maximum atomic E-state index is 12.9. The largest absolute Gasteiger partial charge is 0.445 e. The summed E-state index contributed by atoms with van der Waals surface area (Å²) in [4.78, 5) is 23.5. The van der Waals surface area contributed by atoms with Gasteiger partial charge in [-0.05, 0) is 49.1 Å². The van der Waals surface area contributed by atoms with E-state index in [-0.39, 0.29) is 11.8 Å². The van der Waals surface area contributed by atoms with Crippen molar-refractivity contribution in [2.75, 3.05) is 13.1 Å². The van der Waals surface area contributed by atoms with Gasteiger partial charge in [-0.2, -0.15) is 0 Å². The number of amides is 1. The zero-order chi connectivity index (χ0) is 19.5. The molecule has 5 nitrogen and oxygen atoms in total. The predicted octanol–water partition coefficient (Wildman–Crippen LogP) is 4.64. The standard InChI is InChI=1S/C22H22ClN3O2/c1-15-4-2-10-24-20(15)22(27)26-11-3-5-17(14-26)21-25-13-19(28-21)12-16-6-8-18(23)9-7-16/h2,4,6-10,13,17H,3,5,11-12,14H2,1H3/t17-/m0/s1. The number of hydrogen-bond donors (Lipinski definition) is 0. The molecule has 0 N–H and O–H groups in total. The zero-order valence-electron chi connectivity index (χ0n) is 15.8. The molecule has 2 aromatic heterocycles. The lowest BCUT2D eigenvalue weighted by atomic mass is 9.97. The Bertz CT molecular complexity index is 968. The summed E-state index contributed by atoms with van der Waals surface area (Å²) in [5.74, 6) is 1.62. The van der Waals surface area contributed by atoms with E-state index in [1.807, 2.05) is 48.2 Å². The number of carbonyl (C=O) groups excluding carboxylic acids is 1. The van der Waals surface area contributed by atoms with Gasteiger partial charge in [0.15, 0.2) is 5.89 Å². The molecule has 28 heavy (non-hydrogen) atoms. The fourth-order valence-electron chi connectivity index (χ4n) is 3.62. The van der Waals surface area contributed by atoms with Crippen LogP contribution in [-0.4, -0.2) is 33.9 Å². The highest BCUT2D eigenvalue weighted by Gasteiger charge is 2.29. The van der Waals surface area contributed by atoms with Crippen LogP contribution >= 0.6 is 11.6 Å². The highest BCUT2D eigenvalue weighted by atomic mass is 35.5. The van der Waals surface area contributed by atoms with Crippen molar-refractivity contribution in [2.24, 2.45) is 0 Å². The molecule has 1 amide bonds. The number of nitrogens with zero attached hydrogens (tertiary/aromatic N) is 3. The number of halogens is 1. The molecule has 1 aliphatic rings. The monoisotopic (exact) mass is 395 g/mol. The highest BCUT2D eigenvalue weighted by molar-refractivity contribution is 6.30. The van der Waals surface area contributed by atoms with Crippen LogP contribution in [-0.2, 0) is 6.42 Å². The molecule has 0 bridgehead atoms. The van der Waals surface area contributed by atoms with E-state index in [1.54, 1.807) is 12.4 Å². The number of likely N-dealkylation sites (tertiary alicyclic amines) is 1. The van der Waals surface area contributed by atoms with Crippen LogP contribution in [0.1, 0.15) is 52.0 Å². The Morgan fingerprint density at radius 2 is 2.07 bits per heavy atom. The Balaban J connectivity index is 1.45. The molecule has 0 aliphatic carbocycles. The molecule has 1 fully saturated rings. The zero-order valence-corrected chi connectivity index (χ0v) is 16.5. The number of rotatable bonds is 4. The lowest BCUT2D eigenvalue weighted by Gasteiger charge is -2.31. The van der Waals surface area contributed by atoms with E-state index in [9.17, 15) is 4.79 Å². The summed E-state index contributed by atoms with van der Waals surface area (Å²) in [5.41, 5.74) is 2.55. The molecule has 1 saturated heterocycles. The highest BCUT2D eigenvalue weighted by Crippen LogP contribution is 2.28. The molecular weight excluding hydrogens is 374 g/mol. The first-order valence-corrected chi connectivity index (χ1v) is 9.88. The van der Waals surface area contributed by atoms with Gasteiger partial charge >= 0.3 is 0 Å². The van der Waals surface area contributed by atoms with Crippen LogP contribution in [0.2, 0.25) is 5.02 Å². The first-order chi connectivity index (χ1) is 13.6. The molecule has 3 aromatic rings. The molecule has 1 atom stereocenters. The Hall–Kier alpha value is -2.66. The fourth-order valence-corrected chi connectivity index (χ4v) is 3.75. The maximum Gasteiger partial charge on any atom is 0.272 e. The summed E-state index contributed by atoms with van der Waals surface area (Å²) in [6, 6.07) is 11.5. The maximum absolute atomic E-state index is 12.9. The fraction of sp³-hybridized carbons (Fsp3) is 0.318. The van der Waals surface area contributed by atoms with Gasteiger partial charge in [0.2, 0.25) is 0 Å². The van der Waals surface area contributed by atoms with Crippen molar-refractivity contribution in [3.63, 3.8) is 0 Å². The molecule has 0 unspecified atom stereocenters. The van der Waals surface area contributed by atoms with Crippen LogP contribution in [0.15, 0.2) is 53.2 Å². The van der Waals surface area contributed by atoms with E-state index >= 15 is 0 Å². The van der Waals surface area contributed by atoms with Gasteiger partial charge in [0.25, 0.3) is 5.91 Å². The molecule has 4 rings (SSSR count). The second-order valence-electron chi connectivity index (χ2n) is 7.23. The van der Waals surface area contributed by atoms with E-state index < -0.39 is 0 Å². The van der Waals surface area contributed by atoms with Crippen molar-refractivity contribution in [2.45, 2.75) is 32.1 Å². The summed E-state index contributed by atoms with van der Waals surface area (Å²) < 4.78 is 6.02. The van der Waals surface area contributed by atoms with Gasteiger partial charge in [-0.25, -0.2) is 4.98 Å². The third-order valence-corrected chi connectivity index (χ3v) is 5.38. The van der Waals surface area contributed by atoms with Crippen LogP contribution in [0.4, 0.5) is 0 Å². The number of aromatic nitrogens is 2. The Kier molecular flexibility index (Phi) is 5.44. The minimum absolute atomic E-state index is 0.0178. The number of carbonyl (C=O) groups is 1. The van der Waals surface area contributed by atoms with Crippen molar-refractivity contribution >= 4 is 17.5 Å². The van der Waals surface area contributed by atoms with E-state index in [1.165, 1.54) is 0 Å². The van der Waals surface area contributed by atoms with Crippen LogP contribution in [0, 0.1) is 6.92 Å². The van der Waals surface area contributed by atoms with Crippen LogP contribution < -0.4 is 0 Å². The van der Waals surface area contributed by atoms with Crippen LogP contribution in [0.25, 0.3) is 0 Å². The molecule has 144 valence electrons. The van der Waals surface area contributed by atoms with Crippen molar-refractivity contribution in [3.05, 3.63) is 82.3 Å². The molecule has 0 spiro atoms. The van der Waals surface area contributed by atoms with Crippen molar-refractivity contribution in [1.29, 1.82) is 0 Å². The number of oxazole rings is 1. The lowest BCUT2D eigenvalue weighted by Crippen LogP contribution is -2.39. The third-order valence-electron chi connectivity index (χ3n) is 5.13. The minimum Gasteiger partial charge on any atom is -0.445 e. The van der Waals surface area contributed by atoms with Gasteiger partial charge in [-0.3, -0.25) is 9.78 Å². The molecular formula is C22H22ClN3O2. The van der Waals surface area contributed by atoms with Gasteiger partial charge in [0, 0.05) is 30.7 Å². The number of piperidine rings is 1. The van der Waals surface area contributed by atoms with Gasteiger partial charge in [-0.15, -0.1) is 0 Å². The van der Waals surface area contributed by atoms with E-state index in [0.717, 1.165) is 41.3 Å². The van der Waals surface area contributed by atoms with Gasteiger partial charge in [0.1, 0.15) is 11.5 Å². The van der Waals surface area contributed by atoms with Gasteiger partial charge < -0.3 is 9.32 Å². The summed E-state index contributed by atoms with van der Waals surface area (Å²) >= 11 is 5.94. The van der Waals surface area contributed by atoms with Gasteiger partial charge in [0.05, 0.1) is 12.1 Å². The molecule has 0 saturated carbocycles. The van der Waals surface area contributed by atoms with Crippen molar-refractivity contribution in [1.82, 2.24) is 14.9 Å². The summed E-state index contributed by atoms with van der Waals surface area (Å²) in [6.07, 6.45) is 6.02. The normalized spacial score (nSPS) is 16.9. The Morgan fingerprint density at radius 3 is 2.86 bits per heavy atom. The average molecular weight is 396 g/mol. The molecule has 0 radical (unpaired) electrons. The van der Waals surface area contributed by atoms with E-state index in [2.05, 4.69) is 9.97 Å². The average Bonchev–Trinajstić information content (AvgIpc) is 3.18. The molecule has 6 heteroatoms. The predicted molar refractivity (Wildman–Crippen MR) is 108 cm³/mol. The SMILES string of the molecule is Cc1cccnc1C(=O)N1CCC[C@H](c2ncc(Cc3ccc(Cl)cc3)o2)C1. The summed E-state index contributed by atoms with van der Waals surface area (Å²) in [5, 5.41) is 0.720. The second-order valence-corrected chi connectivity index (χ2v) is 7.66. The van der Waals surface area contributed by atoms with Crippen molar-refractivity contribution < 1.29 is 9.21 Å². The summed E-state index contributed by atoms with van der Waals surface area (Å²) in [7, 11) is 0. The summed E-state index contributed by atoms with van der Waals surface area (Å²) in [6.45, 7) is 3.26. The van der Waals surface area contributed by atoms with E-state index in [0.29, 0.717) is 24.6 Å². The first-order valence-electron chi connectivity index (χ1n) is 9.50. The number of aryl methyl sites for hydroxylation is 1. The first kappa shape index (κ1) is 18.7. The lowest BCUT2D eigenvalue weighted by molar-refractivity contribution is 0.0691. The smallest absolute Gasteiger partial charge is 0.272 e. The molecule has 1 aromatic carbocycles.